The number of hydrogen-bond acceptors (Lipinski definition) is 5. The van der Waals surface area contributed by atoms with E-state index in [0.717, 1.165) is 22.5 Å². The normalized spacial score (nSPS) is 11.6. The van der Waals surface area contributed by atoms with Crippen LogP contribution in [-0.2, 0) is 16.4 Å². The van der Waals surface area contributed by atoms with E-state index >= 15 is 0 Å². The van der Waals surface area contributed by atoms with E-state index in [1.807, 2.05) is 47.0 Å². The maximum atomic E-state index is 11.8. The van der Waals surface area contributed by atoms with Gasteiger partial charge in [0.1, 0.15) is 18.4 Å². The molecule has 7 heteroatoms. The summed E-state index contributed by atoms with van der Waals surface area (Å²) >= 11 is 0. The van der Waals surface area contributed by atoms with Gasteiger partial charge in [-0.3, -0.25) is 4.40 Å². The third-order valence-corrected chi connectivity index (χ3v) is 6.29. The first-order chi connectivity index (χ1) is 15.3. The zero-order valence-corrected chi connectivity index (χ0v) is 18.9. The first kappa shape index (κ1) is 21.6. The molecule has 0 N–H and O–H groups in total. The van der Waals surface area contributed by atoms with Crippen LogP contribution in [0.4, 0.5) is 0 Å². The Kier molecular flexibility index (Phi) is 5.72. The molecule has 6 nitrogen and oxygen atoms in total. The molecule has 0 amide bonds. The van der Waals surface area contributed by atoms with Gasteiger partial charge in [-0.1, -0.05) is 38.1 Å². The van der Waals surface area contributed by atoms with Crippen molar-refractivity contribution in [2.45, 2.75) is 31.3 Å². The molecule has 4 rings (SSSR count). The molecular weight excluding hydrogens is 422 g/mol. The maximum absolute atomic E-state index is 11.8. The van der Waals surface area contributed by atoms with Gasteiger partial charge in [-0.05, 0) is 47.9 Å². The molecule has 2 aromatic carbocycles. The molecule has 2 heterocycles. The molecule has 4 aromatic rings. The monoisotopic (exact) mass is 445 g/mol. The fraction of sp³-hybridized carbons (Fsp3) is 0.200. The number of hydrogen-bond donors (Lipinski definition) is 0. The second kappa shape index (κ2) is 8.48. The third kappa shape index (κ3) is 4.23. The summed E-state index contributed by atoms with van der Waals surface area (Å²) in [5.74, 6) is 0.827. The van der Waals surface area contributed by atoms with Crippen LogP contribution < -0.4 is 4.74 Å². The maximum Gasteiger partial charge on any atom is 0.175 e. The first-order valence-corrected chi connectivity index (χ1v) is 12.1. The van der Waals surface area contributed by atoms with Gasteiger partial charge in [-0.15, -0.1) is 0 Å². The highest BCUT2D eigenvalue weighted by Crippen LogP contribution is 2.33. The summed E-state index contributed by atoms with van der Waals surface area (Å²) in [7, 11) is -3.27. The lowest BCUT2D eigenvalue weighted by Crippen LogP contribution is -2.01. The van der Waals surface area contributed by atoms with Crippen LogP contribution >= 0.6 is 0 Å². The van der Waals surface area contributed by atoms with Crippen LogP contribution in [0.2, 0.25) is 0 Å². The van der Waals surface area contributed by atoms with E-state index < -0.39 is 9.84 Å². The average Bonchev–Trinajstić information content (AvgIpc) is 3.18. The van der Waals surface area contributed by atoms with Gasteiger partial charge in [-0.2, -0.15) is 5.26 Å². The minimum Gasteiger partial charge on any atom is -0.489 e. The SMILES string of the molecule is CC(C)c1nc2c(C#N)cccn2c1-c1cccc(OCc2cccc(S(C)(=O)=O)c2)c1. The van der Waals surface area contributed by atoms with Crippen molar-refractivity contribution in [1.82, 2.24) is 9.38 Å². The molecule has 0 fully saturated rings. The molecule has 0 unspecified atom stereocenters. The van der Waals surface area contributed by atoms with Crippen LogP contribution in [0.15, 0.2) is 71.8 Å². The van der Waals surface area contributed by atoms with Gasteiger partial charge < -0.3 is 4.74 Å². The van der Waals surface area contributed by atoms with E-state index in [1.165, 1.54) is 6.26 Å². The summed E-state index contributed by atoms with van der Waals surface area (Å²) in [6.07, 6.45) is 3.10. The van der Waals surface area contributed by atoms with Gasteiger partial charge in [0.15, 0.2) is 15.5 Å². The number of pyridine rings is 1. The van der Waals surface area contributed by atoms with Gasteiger partial charge in [0.05, 0.1) is 21.8 Å². The number of ether oxygens (including phenoxy) is 1. The predicted octanol–water partition coefficient (Wildman–Crippen LogP) is 4.98. The zero-order chi connectivity index (χ0) is 22.9. The Hall–Kier alpha value is -3.63. The largest absolute Gasteiger partial charge is 0.489 e. The quantitative estimate of drug-likeness (QED) is 0.418. The number of imidazole rings is 1. The summed E-state index contributed by atoms with van der Waals surface area (Å²) in [5, 5.41) is 9.48. The number of sulfone groups is 1. The number of aromatic nitrogens is 2. The van der Waals surface area contributed by atoms with Crippen molar-refractivity contribution >= 4 is 15.5 Å². The van der Waals surface area contributed by atoms with Crippen molar-refractivity contribution < 1.29 is 13.2 Å². The number of nitriles is 1. The summed E-state index contributed by atoms with van der Waals surface area (Å²) < 4.78 is 31.5. The van der Waals surface area contributed by atoms with Gasteiger partial charge >= 0.3 is 0 Å². The highest BCUT2D eigenvalue weighted by Gasteiger charge is 2.19. The lowest BCUT2D eigenvalue weighted by atomic mass is 10.0. The lowest BCUT2D eigenvalue weighted by Gasteiger charge is -2.11. The van der Waals surface area contributed by atoms with E-state index in [-0.39, 0.29) is 17.4 Å². The molecule has 2 aromatic heterocycles. The molecule has 0 saturated heterocycles. The van der Waals surface area contributed by atoms with E-state index in [0.29, 0.717) is 17.0 Å². The smallest absolute Gasteiger partial charge is 0.175 e. The van der Waals surface area contributed by atoms with Gasteiger partial charge in [0.25, 0.3) is 0 Å². The topological polar surface area (TPSA) is 84.5 Å². The molecule has 162 valence electrons. The summed E-state index contributed by atoms with van der Waals surface area (Å²) in [4.78, 5) is 5.03. The summed E-state index contributed by atoms with van der Waals surface area (Å²) in [5.41, 5.74) is 4.70. The molecule has 0 saturated carbocycles. The van der Waals surface area contributed by atoms with Crippen LogP contribution in [0.25, 0.3) is 16.9 Å². The van der Waals surface area contributed by atoms with E-state index in [4.69, 9.17) is 9.72 Å². The minimum atomic E-state index is -3.27. The van der Waals surface area contributed by atoms with Crippen LogP contribution in [0.5, 0.6) is 5.75 Å². The fourth-order valence-corrected chi connectivity index (χ4v) is 4.32. The van der Waals surface area contributed by atoms with Crippen LogP contribution in [0.1, 0.15) is 36.6 Å². The standard InChI is InChI=1S/C25H23N3O3S/c1-17(2)23-24(28-12-6-9-20(15-26)25(28)27-23)19-8-5-10-21(14-19)31-16-18-7-4-11-22(13-18)32(3,29)30/h4-14,17H,16H2,1-3H3. The summed E-state index contributed by atoms with van der Waals surface area (Å²) in [6, 6.07) is 20.3. The zero-order valence-electron chi connectivity index (χ0n) is 18.1. The van der Waals surface area contributed by atoms with Crippen molar-refractivity contribution in [3.8, 4) is 23.1 Å². The van der Waals surface area contributed by atoms with Crippen LogP contribution in [0.3, 0.4) is 0 Å². The van der Waals surface area contributed by atoms with Crippen LogP contribution in [0, 0.1) is 11.3 Å². The third-order valence-electron chi connectivity index (χ3n) is 5.18. The Morgan fingerprint density at radius 2 is 1.88 bits per heavy atom. The Labute approximate surface area is 187 Å². The Balaban J connectivity index is 1.69. The molecule has 0 atom stereocenters. The lowest BCUT2D eigenvalue weighted by molar-refractivity contribution is 0.306. The molecule has 0 aliphatic heterocycles. The van der Waals surface area contributed by atoms with E-state index in [9.17, 15) is 13.7 Å². The highest BCUT2D eigenvalue weighted by molar-refractivity contribution is 7.90. The predicted molar refractivity (Wildman–Crippen MR) is 123 cm³/mol. The number of nitrogens with zero attached hydrogens (tertiary/aromatic N) is 3. The second-order valence-corrected chi connectivity index (χ2v) is 9.98. The Morgan fingerprint density at radius 3 is 2.59 bits per heavy atom. The van der Waals surface area contributed by atoms with Crippen molar-refractivity contribution in [1.29, 1.82) is 5.26 Å². The molecule has 0 bridgehead atoms. The number of rotatable bonds is 6. The van der Waals surface area contributed by atoms with E-state index in [1.54, 1.807) is 24.3 Å². The molecule has 32 heavy (non-hydrogen) atoms. The van der Waals surface area contributed by atoms with E-state index in [2.05, 4.69) is 19.9 Å². The summed E-state index contributed by atoms with van der Waals surface area (Å²) in [6.45, 7) is 4.40. The molecule has 0 aliphatic rings. The number of benzene rings is 2. The van der Waals surface area contributed by atoms with Crippen molar-refractivity contribution in [3.63, 3.8) is 0 Å². The first-order valence-electron chi connectivity index (χ1n) is 10.2. The van der Waals surface area contributed by atoms with Crippen molar-refractivity contribution in [2.24, 2.45) is 0 Å². The molecule has 0 spiro atoms. The van der Waals surface area contributed by atoms with Crippen LogP contribution in [-0.4, -0.2) is 24.1 Å². The van der Waals surface area contributed by atoms with Crippen molar-refractivity contribution in [2.75, 3.05) is 6.26 Å². The van der Waals surface area contributed by atoms with Crippen molar-refractivity contribution in [3.05, 3.63) is 83.7 Å². The fourth-order valence-electron chi connectivity index (χ4n) is 3.63. The molecule has 0 aliphatic carbocycles. The Morgan fingerprint density at radius 1 is 1.09 bits per heavy atom. The van der Waals surface area contributed by atoms with Gasteiger partial charge in [-0.25, -0.2) is 13.4 Å². The minimum absolute atomic E-state index is 0.166. The average molecular weight is 446 g/mol. The number of fused-ring (bicyclic) bond motifs is 1. The Bertz CT molecular complexity index is 1450. The van der Waals surface area contributed by atoms with Gasteiger partial charge in [0, 0.05) is 18.0 Å². The highest BCUT2D eigenvalue weighted by atomic mass is 32.2. The second-order valence-electron chi connectivity index (χ2n) is 7.96. The molecule has 0 radical (unpaired) electrons. The van der Waals surface area contributed by atoms with Gasteiger partial charge in [0.2, 0.25) is 0 Å². The molecular formula is C25H23N3O3S.